The van der Waals surface area contributed by atoms with Crippen LogP contribution in [-0.2, 0) is 24.4 Å². The number of aromatic nitrogens is 4. The number of hydrogen-bond acceptors (Lipinski definition) is 9. The molecule has 12 heteroatoms. The maximum absolute atomic E-state index is 13.0. The minimum atomic E-state index is -0.671. The Balaban J connectivity index is 1.28. The number of aryl methyl sites for hydroxylation is 2. The molecule has 1 atom stereocenters. The maximum Gasteiger partial charge on any atom is 0.255 e. The molecule has 0 aliphatic carbocycles. The number of amides is 2. The molecule has 214 valence electrons. The van der Waals surface area contributed by atoms with Gasteiger partial charge in [0, 0.05) is 69.5 Å². The molecule has 3 aromatic rings. The first-order valence-electron chi connectivity index (χ1n) is 14.1. The van der Waals surface area contributed by atoms with Gasteiger partial charge in [0.05, 0.1) is 17.9 Å². The van der Waals surface area contributed by atoms with Crippen LogP contribution in [0.3, 0.4) is 0 Å². The fourth-order valence-electron chi connectivity index (χ4n) is 4.96. The van der Waals surface area contributed by atoms with Crippen molar-refractivity contribution < 1.29 is 14.3 Å². The van der Waals surface area contributed by atoms with E-state index in [1.807, 2.05) is 36.1 Å². The highest BCUT2D eigenvalue weighted by Crippen LogP contribution is 2.27. The number of thiazole rings is 1. The van der Waals surface area contributed by atoms with Gasteiger partial charge in [0.2, 0.25) is 5.91 Å². The SMILES string of the molecule is Cc1ccc2c(c1)OCCCn1cc(nn1)CN(Cc1cnc(N3CCCC3)s1)CCCNC(=O)[C@@H](C)NC2=O. The van der Waals surface area contributed by atoms with Gasteiger partial charge >= 0.3 is 0 Å². The van der Waals surface area contributed by atoms with Gasteiger partial charge in [-0.3, -0.25) is 19.2 Å². The molecule has 2 amide bonds. The molecule has 4 heterocycles. The molecule has 1 aromatic carbocycles. The summed E-state index contributed by atoms with van der Waals surface area (Å²) in [5.74, 6) is -0.0394. The monoisotopic (exact) mass is 566 g/mol. The van der Waals surface area contributed by atoms with Crippen molar-refractivity contribution in [3.63, 3.8) is 0 Å². The Morgan fingerprint density at radius 1 is 1.10 bits per heavy atom. The van der Waals surface area contributed by atoms with Crippen LogP contribution >= 0.6 is 11.3 Å². The Morgan fingerprint density at radius 3 is 2.80 bits per heavy atom. The molecule has 2 bridgehead atoms. The third-order valence-corrected chi connectivity index (χ3v) is 8.17. The molecule has 5 rings (SSSR count). The number of benzene rings is 1. The van der Waals surface area contributed by atoms with Crippen molar-refractivity contribution in [2.45, 2.75) is 65.2 Å². The van der Waals surface area contributed by atoms with E-state index in [9.17, 15) is 9.59 Å². The van der Waals surface area contributed by atoms with E-state index in [2.05, 4.69) is 35.7 Å². The van der Waals surface area contributed by atoms with E-state index in [1.165, 1.54) is 17.7 Å². The smallest absolute Gasteiger partial charge is 0.255 e. The van der Waals surface area contributed by atoms with E-state index < -0.39 is 6.04 Å². The number of nitrogens with zero attached hydrogens (tertiary/aromatic N) is 6. The molecular formula is C28H38N8O3S. The van der Waals surface area contributed by atoms with Crippen molar-refractivity contribution in [2.24, 2.45) is 0 Å². The molecule has 0 spiro atoms. The maximum atomic E-state index is 13.0. The number of fused-ring (bicyclic) bond motifs is 3. The zero-order valence-corrected chi connectivity index (χ0v) is 24.1. The van der Waals surface area contributed by atoms with Crippen LogP contribution in [0.1, 0.15) is 59.1 Å². The van der Waals surface area contributed by atoms with Gasteiger partial charge in [-0.05, 0) is 50.8 Å². The van der Waals surface area contributed by atoms with Crippen molar-refractivity contribution in [3.05, 3.63) is 52.3 Å². The average Bonchev–Trinajstić information content (AvgIpc) is 3.71. The van der Waals surface area contributed by atoms with Gasteiger partial charge in [-0.25, -0.2) is 4.98 Å². The summed E-state index contributed by atoms with van der Waals surface area (Å²) < 4.78 is 7.84. The summed E-state index contributed by atoms with van der Waals surface area (Å²) in [7, 11) is 0. The Bertz CT molecular complexity index is 1300. The summed E-state index contributed by atoms with van der Waals surface area (Å²) >= 11 is 1.75. The van der Waals surface area contributed by atoms with Crippen molar-refractivity contribution in [3.8, 4) is 5.75 Å². The second-order valence-corrected chi connectivity index (χ2v) is 11.6. The van der Waals surface area contributed by atoms with E-state index in [4.69, 9.17) is 4.74 Å². The van der Waals surface area contributed by atoms with E-state index >= 15 is 0 Å². The van der Waals surface area contributed by atoms with Crippen LogP contribution in [0, 0.1) is 6.92 Å². The fourth-order valence-corrected chi connectivity index (χ4v) is 5.97. The zero-order valence-electron chi connectivity index (χ0n) is 23.3. The third-order valence-electron chi connectivity index (χ3n) is 7.13. The topological polar surface area (TPSA) is 118 Å². The van der Waals surface area contributed by atoms with E-state index in [1.54, 1.807) is 24.3 Å². The lowest BCUT2D eigenvalue weighted by atomic mass is 10.1. The number of hydrogen-bond donors (Lipinski definition) is 2. The van der Waals surface area contributed by atoms with Crippen LogP contribution < -0.4 is 20.3 Å². The van der Waals surface area contributed by atoms with Crippen LogP contribution in [0.25, 0.3) is 0 Å². The fraction of sp³-hybridized carbons (Fsp3) is 0.536. The molecule has 0 unspecified atom stereocenters. The van der Waals surface area contributed by atoms with Crippen LogP contribution in [0.15, 0.2) is 30.6 Å². The Labute approximate surface area is 238 Å². The van der Waals surface area contributed by atoms with E-state index in [0.29, 0.717) is 44.0 Å². The van der Waals surface area contributed by atoms with Gasteiger partial charge < -0.3 is 20.3 Å². The van der Waals surface area contributed by atoms with Crippen molar-refractivity contribution >= 4 is 28.3 Å². The highest BCUT2D eigenvalue weighted by molar-refractivity contribution is 7.15. The number of nitrogens with one attached hydrogen (secondary N) is 2. The first kappa shape index (κ1) is 28.0. The molecule has 2 N–H and O–H groups in total. The third kappa shape index (κ3) is 7.36. The largest absolute Gasteiger partial charge is 0.493 e. The second kappa shape index (κ2) is 13.2. The number of rotatable bonds is 3. The summed E-state index contributed by atoms with van der Waals surface area (Å²) in [5, 5.41) is 15.6. The van der Waals surface area contributed by atoms with E-state index in [0.717, 1.165) is 49.0 Å². The number of carbonyl (C=O) groups is 2. The van der Waals surface area contributed by atoms with Crippen LogP contribution in [0.5, 0.6) is 5.75 Å². The zero-order chi connectivity index (χ0) is 27.9. The minimum absolute atomic E-state index is 0.215. The molecule has 1 fully saturated rings. The van der Waals surface area contributed by atoms with Gasteiger partial charge in [-0.2, -0.15) is 0 Å². The molecule has 1 saturated heterocycles. The molecule has 40 heavy (non-hydrogen) atoms. The molecule has 2 aliphatic heterocycles. The van der Waals surface area contributed by atoms with Gasteiger partial charge in [-0.1, -0.05) is 11.3 Å². The van der Waals surface area contributed by atoms with Gasteiger partial charge in [0.1, 0.15) is 11.8 Å². The quantitative estimate of drug-likeness (QED) is 0.497. The van der Waals surface area contributed by atoms with Gasteiger partial charge in [0.15, 0.2) is 5.13 Å². The average molecular weight is 567 g/mol. The first-order valence-corrected chi connectivity index (χ1v) is 14.9. The first-order chi connectivity index (χ1) is 19.4. The highest BCUT2D eigenvalue weighted by Gasteiger charge is 2.21. The Morgan fingerprint density at radius 2 is 1.95 bits per heavy atom. The van der Waals surface area contributed by atoms with Crippen LogP contribution in [0.4, 0.5) is 5.13 Å². The Hall–Kier alpha value is -3.51. The normalized spacial score (nSPS) is 20.1. The van der Waals surface area contributed by atoms with Gasteiger partial charge in [0.25, 0.3) is 5.91 Å². The number of anilines is 1. The standard InChI is InChI=1S/C28H38N8O3S/c1-20-7-8-24-25(15-20)39-14-6-13-36-18-22(32-33-36)17-34(10-5-9-29-26(37)21(2)31-27(24)38)19-23-16-30-28(40-23)35-11-3-4-12-35/h7-8,15-16,18,21H,3-6,9-14,17,19H2,1-2H3,(H,29,37)(H,31,38)/t21-/m1/s1. The minimum Gasteiger partial charge on any atom is -0.493 e. The molecule has 0 saturated carbocycles. The van der Waals surface area contributed by atoms with Crippen LogP contribution in [-0.4, -0.2) is 75.5 Å². The lowest BCUT2D eigenvalue weighted by Crippen LogP contribution is -2.45. The number of ether oxygens (including phenoxy) is 1. The van der Waals surface area contributed by atoms with Gasteiger partial charge in [-0.15, -0.1) is 16.4 Å². The van der Waals surface area contributed by atoms with Crippen molar-refractivity contribution in [1.29, 1.82) is 0 Å². The van der Waals surface area contributed by atoms with E-state index in [-0.39, 0.29) is 11.8 Å². The molecule has 2 aliphatic rings. The summed E-state index contributed by atoms with van der Waals surface area (Å²) in [4.78, 5) is 36.3. The predicted molar refractivity (Wildman–Crippen MR) is 154 cm³/mol. The summed E-state index contributed by atoms with van der Waals surface area (Å²) in [6, 6.07) is 4.78. The predicted octanol–water partition coefficient (Wildman–Crippen LogP) is 2.75. The number of carbonyl (C=O) groups excluding carboxylic acids is 2. The lowest BCUT2D eigenvalue weighted by molar-refractivity contribution is -0.122. The molecule has 0 radical (unpaired) electrons. The summed E-state index contributed by atoms with van der Waals surface area (Å²) in [6.45, 7) is 9.56. The lowest BCUT2D eigenvalue weighted by Gasteiger charge is -2.21. The van der Waals surface area contributed by atoms with Crippen LogP contribution in [0.2, 0.25) is 0 Å². The summed E-state index contributed by atoms with van der Waals surface area (Å²) in [6.07, 6.45) is 7.88. The highest BCUT2D eigenvalue weighted by atomic mass is 32.1. The summed E-state index contributed by atoms with van der Waals surface area (Å²) in [5.41, 5.74) is 2.31. The molecule has 2 aromatic heterocycles. The van der Waals surface area contributed by atoms with Crippen molar-refractivity contribution in [1.82, 2.24) is 35.5 Å². The molecule has 11 nitrogen and oxygen atoms in total. The van der Waals surface area contributed by atoms with Crippen molar-refractivity contribution in [2.75, 3.05) is 37.7 Å². The molecular weight excluding hydrogens is 528 g/mol. The Kier molecular flexibility index (Phi) is 9.27. The second-order valence-electron chi connectivity index (χ2n) is 10.5.